The molecular weight excluding hydrogens is 321 g/mol. The first-order valence-electron chi connectivity index (χ1n) is 7.85. The number of methoxy groups -OCH3 is 1. The zero-order valence-electron chi connectivity index (χ0n) is 14.8. The van der Waals surface area contributed by atoms with Crippen LogP contribution in [0.25, 0.3) is 0 Å². The smallest absolute Gasteiger partial charge is 0.204 e. The van der Waals surface area contributed by atoms with Gasteiger partial charge in [-0.1, -0.05) is 20.8 Å². The molecule has 25 heavy (non-hydrogen) atoms. The third-order valence-electron chi connectivity index (χ3n) is 3.38. The third-order valence-corrected chi connectivity index (χ3v) is 3.38. The minimum Gasteiger partial charge on any atom is -0.497 e. The van der Waals surface area contributed by atoms with Gasteiger partial charge in [0.1, 0.15) is 11.6 Å². The highest BCUT2D eigenvalue weighted by Crippen LogP contribution is 2.20. The number of nitrogens with one attached hydrogen (secondary N) is 2. The number of hydrogen-bond donors (Lipinski definition) is 2. The predicted octanol–water partition coefficient (Wildman–Crippen LogP) is 4.10. The number of amidine groups is 1. The van der Waals surface area contributed by atoms with Crippen LogP contribution in [0, 0.1) is 11.2 Å². The monoisotopic (exact) mass is 343 g/mol. The molecule has 132 valence electrons. The lowest BCUT2D eigenvalue weighted by atomic mass is 9.90. The number of carbonyl (C=O) groups is 1. The quantitative estimate of drug-likeness (QED) is 0.487. The number of halogens is 1. The van der Waals surface area contributed by atoms with Gasteiger partial charge in [-0.05, 0) is 48.5 Å². The molecule has 0 heterocycles. The molecule has 0 aromatic heterocycles. The molecular formula is C19H22FN3O2. The van der Waals surface area contributed by atoms with Crippen LogP contribution in [0.4, 0.5) is 15.8 Å². The number of carbonyl (C=O) groups excluding carboxylic acids is 1. The summed E-state index contributed by atoms with van der Waals surface area (Å²) < 4.78 is 18.1. The molecule has 0 unspecified atom stereocenters. The summed E-state index contributed by atoms with van der Waals surface area (Å²) in [7, 11) is 1.58. The Kier molecular flexibility index (Phi) is 5.75. The van der Waals surface area contributed by atoms with Crippen LogP contribution in [-0.4, -0.2) is 18.7 Å². The number of benzene rings is 2. The first kappa shape index (κ1) is 18.4. The summed E-state index contributed by atoms with van der Waals surface area (Å²) in [5.74, 6) is 0.392. The van der Waals surface area contributed by atoms with E-state index in [-0.39, 0.29) is 17.4 Å². The third kappa shape index (κ3) is 5.31. The second kappa shape index (κ2) is 7.79. The second-order valence-corrected chi connectivity index (χ2v) is 6.49. The van der Waals surface area contributed by atoms with Crippen molar-refractivity contribution >= 4 is 23.0 Å². The van der Waals surface area contributed by atoms with Gasteiger partial charge in [0.2, 0.25) is 5.78 Å². The maximum absolute atomic E-state index is 13.0. The van der Waals surface area contributed by atoms with Gasteiger partial charge >= 0.3 is 0 Å². The van der Waals surface area contributed by atoms with Crippen molar-refractivity contribution in [2.24, 2.45) is 10.4 Å². The topological polar surface area (TPSA) is 62.7 Å². The molecule has 0 bridgehead atoms. The van der Waals surface area contributed by atoms with E-state index in [1.807, 2.05) is 20.8 Å². The Hall–Kier alpha value is -2.89. The van der Waals surface area contributed by atoms with Gasteiger partial charge in [0.05, 0.1) is 18.5 Å². The zero-order chi connectivity index (χ0) is 18.4. The number of anilines is 1. The molecule has 0 fully saturated rings. The number of nitrogens with zero attached hydrogens (tertiary/aromatic N) is 1. The summed E-state index contributed by atoms with van der Waals surface area (Å²) in [5, 5.41) is 0. The Bertz CT molecular complexity index is 748. The fraction of sp³-hybridized carbons (Fsp3) is 0.263. The van der Waals surface area contributed by atoms with E-state index in [2.05, 4.69) is 15.8 Å². The summed E-state index contributed by atoms with van der Waals surface area (Å²) in [6.45, 7) is 5.45. The average molecular weight is 343 g/mol. The average Bonchev–Trinajstić information content (AvgIpc) is 2.59. The van der Waals surface area contributed by atoms with E-state index >= 15 is 0 Å². The highest BCUT2D eigenvalue weighted by atomic mass is 19.1. The molecule has 2 rings (SSSR count). The molecule has 6 heteroatoms. The van der Waals surface area contributed by atoms with Gasteiger partial charge in [-0.15, -0.1) is 0 Å². The molecule has 0 saturated carbocycles. The zero-order valence-corrected chi connectivity index (χ0v) is 14.8. The van der Waals surface area contributed by atoms with Crippen LogP contribution in [0.5, 0.6) is 5.75 Å². The van der Waals surface area contributed by atoms with Gasteiger partial charge in [-0.2, -0.15) is 0 Å². The Balaban J connectivity index is 2.24. The maximum Gasteiger partial charge on any atom is 0.204 e. The maximum atomic E-state index is 13.0. The summed E-state index contributed by atoms with van der Waals surface area (Å²) in [6, 6.07) is 12.8. The summed E-state index contributed by atoms with van der Waals surface area (Å²) in [4.78, 5) is 17.0. The minimum atomic E-state index is -0.608. The van der Waals surface area contributed by atoms with E-state index in [4.69, 9.17) is 4.74 Å². The SMILES string of the molecule is COc1ccc(N=C(NNc2ccc(F)cc2)C(=O)C(C)(C)C)cc1. The van der Waals surface area contributed by atoms with Gasteiger partial charge in [0.15, 0.2) is 5.84 Å². The van der Waals surface area contributed by atoms with Gasteiger partial charge < -0.3 is 4.74 Å². The molecule has 0 aliphatic carbocycles. The number of ether oxygens (including phenoxy) is 1. The number of Topliss-reactive ketones (excluding diaryl/α,β-unsaturated/α-hetero) is 1. The van der Waals surface area contributed by atoms with E-state index in [1.165, 1.54) is 12.1 Å². The molecule has 0 atom stereocenters. The molecule has 2 aromatic rings. The van der Waals surface area contributed by atoms with Gasteiger partial charge in [-0.25, -0.2) is 9.38 Å². The number of aliphatic imine (C=N–C) groups is 1. The van der Waals surface area contributed by atoms with Crippen LogP contribution in [-0.2, 0) is 4.79 Å². The largest absolute Gasteiger partial charge is 0.497 e. The van der Waals surface area contributed by atoms with Crippen molar-refractivity contribution in [1.29, 1.82) is 0 Å². The molecule has 0 radical (unpaired) electrons. The molecule has 0 spiro atoms. The Morgan fingerprint density at radius 3 is 2.16 bits per heavy atom. The normalized spacial score (nSPS) is 11.8. The van der Waals surface area contributed by atoms with Gasteiger partial charge in [0, 0.05) is 5.41 Å². The van der Waals surface area contributed by atoms with Crippen LogP contribution in [0.3, 0.4) is 0 Å². The summed E-state index contributed by atoms with van der Waals surface area (Å²) in [5.41, 5.74) is 6.33. The highest BCUT2D eigenvalue weighted by Gasteiger charge is 2.26. The number of hydrazine groups is 1. The Morgan fingerprint density at radius 1 is 1.04 bits per heavy atom. The molecule has 0 saturated heterocycles. The van der Waals surface area contributed by atoms with Crippen molar-refractivity contribution in [3.8, 4) is 5.75 Å². The van der Waals surface area contributed by atoms with Crippen LogP contribution >= 0.6 is 0 Å². The van der Waals surface area contributed by atoms with Crippen LogP contribution in [0.15, 0.2) is 53.5 Å². The van der Waals surface area contributed by atoms with Crippen molar-refractivity contribution < 1.29 is 13.9 Å². The molecule has 0 aliphatic heterocycles. The lowest BCUT2D eigenvalue weighted by Gasteiger charge is -2.19. The fourth-order valence-electron chi connectivity index (χ4n) is 1.94. The van der Waals surface area contributed by atoms with Crippen LogP contribution < -0.4 is 15.6 Å². The van der Waals surface area contributed by atoms with Gasteiger partial charge in [-0.3, -0.25) is 15.6 Å². The van der Waals surface area contributed by atoms with Crippen molar-refractivity contribution in [2.75, 3.05) is 12.5 Å². The van der Waals surface area contributed by atoms with Crippen LogP contribution in [0.1, 0.15) is 20.8 Å². The standard InChI is InChI=1S/C19H22FN3O2/c1-19(2,3)17(24)18(21-14-9-11-16(25-4)12-10-14)23-22-15-7-5-13(20)6-8-15/h5-12,22H,1-4H3,(H,21,23). The van der Waals surface area contributed by atoms with E-state index in [0.717, 1.165) is 0 Å². The van der Waals surface area contributed by atoms with Crippen molar-refractivity contribution in [1.82, 2.24) is 5.43 Å². The second-order valence-electron chi connectivity index (χ2n) is 6.49. The predicted molar refractivity (Wildman–Crippen MR) is 97.7 cm³/mol. The molecule has 5 nitrogen and oxygen atoms in total. The lowest BCUT2D eigenvalue weighted by molar-refractivity contribution is -0.119. The Morgan fingerprint density at radius 2 is 1.64 bits per heavy atom. The summed E-state index contributed by atoms with van der Waals surface area (Å²) >= 11 is 0. The first-order valence-corrected chi connectivity index (χ1v) is 7.85. The molecule has 0 amide bonds. The van der Waals surface area contributed by atoms with Crippen molar-refractivity contribution in [3.63, 3.8) is 0 Å². The van der Waals surface area contributed by atoms with Crippen molar-refractivity contribution in [3.05, 3.63) is 54.3 Å². The number of hydrogen-bond acceptors (Lipinski definition) is 4. The number of rotatable bonds is 5. The van der Waals surface area contributed by atoms with E-state index < -0.39 is 5.41 Å². The van der Waals surface area contributed by atoms with E-state index in [9.17, 15) is 9.18 Å². The minimum absolute atomic E-state index is 0.155. The first-order chi connectivity index (χ1) is 11.8. The van der Waals surface area contributed by atoms with Crippen LogP contribution in [0.2, 0.25) is 0 Å². The molecule has 0 aliphatic rings. The highest BCUT2D eigenvalue weighted by molar-refractivity contribution is 6.41. The van der Waals surface area contributed by atoms with Gasteiger partial charge in [0.25, 0.3) is 0 Å². The Labute approximate surface area is 146 Å². The number of ketones is 1. The van der Waals surface area contributed by atoms with Crippen molar-refractivity contribution in [2.45, 2.75) is 20.8 Å². The fourth-order valence-corrected chi connectivity index (χ4v) is 1.94. The summed E-state index contributed by atoms with van der Waals surface area (Å²) in [6.07, 6.45) is 0. The van der Waals surface area contributed by atoms with E-state index in [0.29, 0.717) is 17.1 Å². The lowest BCUT2D eigenvalue weighted by Crippen LogP contribution is -2.41. The molecule has 2 N–H and O–H groups in total. The van der Waals surface area contributed by atoms with E-state index in [1.54, 1.807) is 43.5 Å². The molecule has 2 aromatic carbocycles.